The van der Waals surface area contributed by atoms with E-state index in [-0.39, 0.29) is 40.8 Å². The van der Waals surface area contributed by atoms with Crippen LogP contribution >= 0.6 is 0 Å². The van der Waals surface area contributed by atoms with E-state index in [1.54, 1.807) is 0 Å². The van der Waals surface area contributed by atoms with Gasteiger partial charge in [-0.15, -0.1) is 0 Å². The molecule has 0 saturated heterocycles. The third kappa shape index (κ3) is 2.13. The lowest BCUT2D eigenvalue weighted by atomic mass is 9.44. The first-order valence-electron chi connectivity index (χ1n) is 10.1. The first-order valence-corrected chi connectivity index (χ1v) is 10.1. The maximum absolute atomic E-state index is 13.3. The van der Waals surface area contributed by atoms with Gasteiger partial charge in [-0.3, -0.25) is 9.59 Å². The monoisotopic (exact) mass is 348 g/mol. The van der Waals surface area contributed by atoms with E-state index < -0.39 is 11.0 Å². The predicted octanol–water partition coefficient (Wildman–Crippen LogP) is 2.89. The van der Waals surface area contributed by atoms with Crippen molar-refractivity contribution in [1.29, 1.82) is 0 Å². The van der Waals surface area contributed by atoms with Crippen LogP contribution in [-0.2, 0) is 9.59 Å². The number of hydrogen-bond donors (Lipinski definition) is 2. The molecular weight excluding hydrogens is 316 g/mol. The maximum atomic E-state index is 13.3. The van der Waals surface area contributed by atoms with Gasteiger partial charge < -0.3 is 10.2 Å². The van der Waals surface area contributed by atoms with E-state index >= 15 is 0 Å². The van der Waals surface area contributed by atoms with Gasteiger partial charge >= 0.3 is 0 Å². The topological polar surface area (TPSA) is 74.6 Å². The summed E-state index contributed by atoms with van der Waals surface area (Å²) in [5, 5.41) is 21.2. The Kier molecular flexibility index (Phi) is 3.81. The second kappa shape index (κ2) is 5.39. The Morgan fingerprint density at radius 3 is 2.52 bits per heavy atom. The number of rotatable bonds is 1. The molecular formula is C21H32O4. The summed E-state index contributed by atoms with van der Waals surface area (Å²) in [7, 11) is 0. The van der Waals surface area contributed by atoms with Gasteiger partial charge in [0.15, 0.2) is 5.78 Å². The molecule has 0 radical (unpaired) electrons. The fraction of sp³-hybridized carbons (Fsp3) is 0.905. The van der Waals surface area contributed by atoms with Crippen molar-refractivity contribution in [2.24, 2.45) is 34.5 Å². The van der Waals surface area contributed by atoms with E-state index in [9.17, 15) is 19.8 Å². The molecule has 4 heteroatoms. The van der Waals surface area contributed by atoms with Gasteiger partial charge in [-0.2, -0.15) is 0 Å². The van der Waals surface area contributed by atoms with Crippen LogP contribution in [0.4, 0.5) is 0 Å². The Bertz CT molecular complexity index is 615. The van der Waals surface area contributed by atoms with Crippen molar-refractivity contribution < 1.29 is 19.8 Å². The number of Topliss-reactive ketones (excluding diaryl/α,β-unsaturated/α-hetero) is 2. The van der Waals surface area contributed by atoms with Gasteiger partial charge in [0.2, 0.25) is 0 Å². The molecule has 0 aromatic carbocycles. The van der Waals surface area contributed by atoms with Crippen LogP contribution in [0.3, 0.4) is 0 Å². The second-order valence-electron chi connectivity index (χ2n) is 9.97. The summed E-state index contributed by atoms with van der Waals surface area (Å²) in [5.74, 6) is 1.10. The standard InChI is InChI=1S/C21H32O4/c1-12(22)21(25)9-7-16-15-5-4-13-10-14(23)6-8-19(13,2)18(15)17(24)11-20(16,21)3/h13-16,18,23,25H,4-11H2,1-3H3/t13?,14?,15-,16-,18+,19-,20-,21-/m0/s1. The molecule has 4 saturated carbocycles. The summed E-state index contributed by atoms with van der Waals surface area (Å²) in [6.07, 6.45) is 6.07. The van der Waals surface area contributed by atoms with Crippen molar-refractivity contribution in [3.8, 4) is 0 Å². The first kappa shape index (κ1) is 17.7. The number of ketones is 2. The highest BCUT2D eigenvalue weighted by Gasteiger charge is 2.68. The summed E-state index contributed by atoms with van der Waals surface area (Å²) in [4.78, 5) is 25.6. The molecule has 0 heterocycles. The molecule has 4 aliphatic carbocycles. The Balaban J connectivity index is 1.71. The van der Waals surface area contributed by atoms with Crippen molar-refractivity contribution >= 4 is 11.6 Å². The van der Waals surface area contributed by atoms with Crippen LogP contribution < -0.4 is 0 Å². The molecule has 25 heavy (non-hydrogen) atoms. The van der Waals surface area contributed by atoms with Gasteiger partial charge in [0.05, 0.1) is 6.10 Å². The second-order valence-corrected chi connectivity index (χ2v) is 9.97. The van der Waals surface area contributed by atoms with E-state index in [1.807, 2.05) is 6.92 Å². The van der Waals surface area contributed by atoms with Crippen LogP contribution in [-0.4, -0.2) is 33.5 Å². The van der Waals surface area contributed by atoms with E-state index in [2.05, 4.69) is 6.92 Å². The molecule has 0 aromatic rings. The highest BCUT2D eigenvalue weighted by Crippen LogP contribution is 2.67. The van der Waals surface area contributed by atoms with Crippen LogP contribution in [0.1, 0.15) is 72.1 Å². The fourth-order valence-corrected chi connectivity index (χ4v) is 7.63. The van der Waals surface area contributed by atoms with E-state index in [0.29, 0.717) is 18.8 Å². The first-order chi connectivity index (χ1) is 11.6. The summed E-state index contributed by atoms with van der Waals surface area (Å²) in [6.45, 7) is 5.73. The molecule has 0 spiro atoms. The predicted molar refractivity (Wildman–Crippen MR) is 93.8 cm³/mol. The van der Waals surface area contributed by atoms with E-state index in [1.165, 1.54) is 6.92 Å². The fourth-order valence-electron chi connectivity index (χ4n) is 7.63. The summed E-state index contributed by atoms with van der Waals surface area (Å²) in [6, 6.07) is 0. The molecule has 4 nitrogen and oxygen atoms in total. The summed E-state index contributed by atoms with van der Waals surface area (Å²) < 4.78 is 0. The molecule has 0 bridgehead atoms. The number of aliphatic hydroxyl groups excluding tert-OH is 1. The number of carbonyl (C=O) groups is 2. The van der Waals surface area contributed by atoms with Crippen molar-refractivity contribution in [3.05, 3.63) is 0 Å². The van der Waals surface area contributed by atoms with Gasteiger partial charge in [0, 0.05) is 17.8 Å². The van der Waals surface area contributed by atoms with Crippen LogP contribution in [0.15, 0.2) is 0 Å². The zero-order valence-electron chi connectivity index (χ0n) is 15.8. The Morgan fingerprint density at radius 2 is 1.84 bits per heavy atom. The van der Waals surface area contributed by atoms with E-state index in [4.69, 9.17) is 0 Å². The molecule has 0 aromatic heterocycles. The zero-order chi connectivity index (χ0) is 18.2. The third-order valence-electron chi connectivity index (χ3n) is 9.06. The zero-order valence-corrected chi connectivity index (χ0v) is 15.8. The lowest BCUT2D eigenvalue weighted by molar-refractivity contribution is -0.178. The molecule has 4 aliphatic rings. The van der Waals surface area contributed by atoms with Crippen molar-refractivity contribution in [1.82, 2.24) is 0 Å². The lowest BCUT2D eigenvalue weighted by Crippen LogP contribution is -2.61. The maximum Gasteiger partial charge on any atom is 0.161 e. The molecule has 140 valence electrons. The summed E-state index contributed by atoms with van der Waals surface area (Å²) >= 11 is 0. The van der Waals surface area contributed by atoms with Crippen molar-refractivity contribution in [2.45, 2.75) is 83.8 Å². The van der Waals surface area contributed by atoms with Crippen LogP contribution in [0.5, 0.6) is 0 Å². The molecule has 0 aliphatic heterocycles. The Hall–Kier alpha value is -0.740. The van der Waals surface area contributed by atoms with Crippen LogP contribution in [0, 0.1) is 34.5 Å². The van der Waals surface area contributed by atoms with Gasteiger partial charge in [-0.1, -0.05) is 13.8 Å². The minimum atomic E-state index is -1.33. The third-order valence-corrected chi connectivity index (χ3v) is 9.06. The van der Waals surface area contributed by atoms with Crippen LogP contribution in [0.25, 0.3) is 0 Å². The lowest BCUT2D eigenvalue weighted by Gasteiger charge is -2.60. The molecule has 2 unspecified atom stereocenters. The van der Waals surface area contributed by atoms with Gasteiger partial charge in [-0.05, 0) is 75.0 Å². The summed E-state index contributed by atoms with van der Waals surface area (Å²) in [5.41, 5.74) is -1.95. The normalized spacial score (nSPS) is 55.2. The van der Waals surface area contributed by atoms with Gasteiger partial charge in [0.1, 0.15) is 11.4 Å². The Morgan fingerprint density at radius 1 is 1.12 bits per heavy atom. The quantitative estimate of drug-likeness (QED) is 0.764. The van der Waals surface area contributed by atoms with Crippen molar-refractivity contribution in [3.63, 3.8) is 0 Å². The SMILES string of the molecule is CC(=O)[C@@]1(O)CC[C@H]2[C@@H]3CCC4CC(O)CC[C@]4(C)[C@H]3C(=O)C[C@@]21C. The smallest absolute Gasteiger partial charge is 0.161 e. The van der Waals surface area contributed by atoms with E-state index in [0.717, 1.165) is 38.5 Å². The highest BCUT2D eigenvalue weighted by atomic mass is 16.3. The minimum Gasteiger partial charge on any atom is -0.393 e. The van der Waals surface area contributed by atoms with Gasteiger partial charge in [0.25, 0.3) is 0 Å². The highest BCUT2D eigenvalue weighted by molar-refractivity contribution is 5.90. The number of hydrogen-bond acceptors (Lipinski definition) is 4. The van der Waals surface area contributed by atoms with Crippen molar-refractivity contribution in [2.75, 3.05) is 0 Å². The molecule has 4 fully saturated rings. The molecule has 8 atom stereocenters. The molecule has 0 amide bonds. The minimum absolute atomic E-state index is 0.0164. The average Bonchev–Trinajstić information content (AvgIpc) is 2.80. The number of aliphatic hydroxyl groups is 2. The largest absolute Gasteiger partial charge is 0.393 e. The number of fused-ring (bicyclic) bond motifs is 5. The molecule has 2 N–H and O–H groups in total. The Labute approximate surface area is 150 Å². The molecule has 4 rings (SSSR count). The number of carbonyl (C=O) groups excluding carboxylic acids is 2. The van der Waals surface area contributed by atoms with Crippen LogP contribution in [0.2, 0.25) is 0 Å². The average molecular weight is 348 g/mol. The van der Waals surface area contributed by atoms with Gasteiger partial charge in [-0.25, -0.2) is 0 Å².